The molecule has 12 heteroatoms. The van der Waals surface area contributed by atoms with Crippen molar-refractivity contribution in [2.45, 2.75) is 4.34 Å². The van der Waals surface area contributed by atoms with Crippen molar-refractivity contribution in [1.29, 1.82) is 0 Å². The maximum atomic E-state index is 12.3. The molecule has 3 amide bonds. The zero-order valence-corrected chi connectivity index (χ0v) is 19.1. The third kappa shape index (κ3) is 6.49. The predicted molar refractivity (Wildman–Crippen MR) is 124 cm³/mol. The maximum Gasteiger partial charge on any atom is 0.325 e. The summed E-state index contributed by atoms with van der Waals surface area (Å²) in [5.41, 5.74) is 1.11. The third-order valence-corrected chi connectivity index (χ3v) is 5.95. The first-order valence-electron chi connectivity index (χ1n) is 9.21. The van der Waals surface area contributed by atoms with E-state index in [9.17, 15) is 9.59 Å². The van der Waals surface area contributed by atoms with Gasteiger partial charge in [0.15, 0.2) is 4.34 Å². The summed E-state index contributed by atoms with van der Waals surface area (Å²) in [4.78, 5) is 24.4. The van der Waals surface area contributed by atoms with Crippen molar-refractivity contribution in [1.82, 2.24) is 10.2 Å². The average Bonchev–Trinajstić information content (AvgIpc) is 3.25. The Morgan fingerprint density at radius 2 is 1.62 bits per heavy atom. The molecule has 0 saturated heterocycles. The molecule has 1 aromatic heterocycles. The number of carbonyl (C=O) groups excluding carboxylic acids is 2. The smallest absolute Gasteiger partial charge is 0.325 e. The van der Waals surface area contributed by atoms with Gasteiger partial charge in [0.05, 0.1) is 32.8 Å². The van der Waals surface area contributed by atoms with Gasteiger partial charge in [-0.2, -0.15) is 0 Å². The van der Waals surface area contributed by atoms with Crippen LogP contribution < -0.4 is 30.2 Å². The molecule has 2 aromatic carbocycles. The van der Waals surface area contributed by atoms with Crippen LogP contribution in [0.4, 0.5) is 21.3 Å². The second-order valence-electron chi connectivity index (χ2n) is 6.08. The van der Waals surface area contributed by atoms with Crippen molar-refractivity contribution in [3.63, 3.8) is 0 Å². The SMILES string of the molecule is COc1ccc(NC(=O)Nc2nnc(SCC(=O)Nc3cc(OC)ccc3OC)s2)cc1. The van der Waals surface area contributed by atoms with Crippen LogP contribution in [0.1, 0.15) is 0 Å². The standard InChI is InChI=1S/C20H21N5O5S2/c1-28-13-6-4-12(5-7-13)21-18(27)23-19-24-25-20(32-19)31-11-17(26)22-15-10-14(29-2)8-9-16(15)30-3/h4-10H,11H2,1-3H3,(H,22,26)(H2,21,23,24,27). The number of urea groups is 1. The Hall–Kier alpha value is -3.51. The van der Waals surface area contributed by atoms with Crippen LogP contribution >= 0.6 is 23.1 Å². The van der Waals surface area contributed by atoms with Gasteiger partial charge < -0.3 is 24.8 Å². The van der Waals surface area contributed by atoms with Crippen LogP contribution in [0.15, 0.2) is 46.8 Å². The van der Waals surface area contributed by atoms with Crippen LogP contribution in [-0.2, 0) is 4.79 Å². The van der Waals surface area contributed by atoms with Crippen molar-refractivity contribution < 1.29 is 23.8 Å². The van der Waals surface area contributed by atoms with E-state index < -0.39 is 6.03 Å². The van der Waals surface area contributed by atoms with E-state index in [1.807, 2.05) is 0 Å². The van der Waals surface area contributed by atoms with Crippen molar-refractivity contribution in [3.8, 4) is 17.2 Å². The molecule has 3 N–H and O–H groups in total. The van der Waals surface area contributed by atoms with Crippen LogP contribution in [0, 0.1) is 0 Å². The number of carbonyl (C=O) groups is 2. The molecule has 3 aromatic rings. The second kappa shape index (κ2) is 11.2. The number of hydrogen-bond donors (Lipinski definition) is 3. The van der Waals surface area contributed by atoms with Gasteiger partial charge in [-0.3, -0.25) is 10.1 Å². The molecule has 168 valence electrons. The molecule has 0 fully saturated rings. The van der Waals surface area contributed by atoms with Crippen molar-refractivity contribution >= 4 is 51.5 Å². The minimum absolute atomic E-state index is 0.104. The number of nitrogens with zero attached hydrogens (tertiary/aromatic N) is 2. The molecular weight excluding hydrogens is 454 g/mol. The van der Waals surface area contributed by atoms with E-state index in [1.165, 1.54) is 18.9 Å². The number of methoxy groups -OCH3 is 3. The Bertz CT molecular complexity index is 1070. The predicted octanol–water partition coefficient (Wildman–Crippen LogP) is 3.94. The van der Waals surface area contributed by atoms with Gasteiger partial charge in [-0.15, -0.1) is 10.2 Å². The van der Waals surface area contributed by atoms with Crippen LogP contribution in [-0.4, -0.2) is 49.2 Å². The highest BCUT2D eigenvalue weighted by Gasteiger charge is 2.13. The number of nitrogens with one attached hydrogen (secondary N) is 3. The monoisotopic (exact) mass is 475 g/mol. The van der Waals surface area contributed by atoms with Crippen LogP contribution in [0.2, 0.25) is 0 Å². The van der Waals surface area contributed by atoms with Crippen LogP contribution in [0.25, 0.3) is 0 Å². The van der Waals surface area contributed by atoms with Gasteiger partial charge >= 0.3 is 6.03 Å². The summed E-state index contributed by atoms with van der Waals surface area (Å²) in [6.07, 6.45) is 0. The first-order chi connectivity index (χ1) is 15.5. The van der Waals surface area contributed by atoms with Crippen LogP contribution in [0.3, 0.4) is 0 Å². The summed E-state index contributed by atoms with van der Waals surface area (Å²) in [6.45, 7) is 0. The second-order valence-corrected chi connectivity index (χ2v) is 8.28. The molecule has 10 nitrogen and oxygen atoms in total. The van der Waals surface area contributed by atoms with Crippen molar-refractivity contribution in [2.75, 3.05) is 43.0 Å². The molecule has 0 aliphatic carbocycles. The number of aromatic nitrogens is 2. The van der Waals surface area contributed by atoms with Gasteiger partial charge in [0.2, 0.25) is 11.0 Å². The minimum Gasteiger partial charge on any atom is -0.497 e. The summed E-state index contributed by atoms with van der Waals surface area (Å²) in [5, 5.41) is 16.3. The lowest BCUT2D eigenvalue weighted by Crippen LogP contribution is -2.19. The van der Waals surface area contributed by atoms with Gasteiger partial charge in [0.25, 0.3) is 0 Å². The third-order valence-electron chi connectivity index (χ3n) is 3.98. The van der Waals surface area contributed by atoms with E-state index in [0.29, 0.717) is 38.1 Å². The molecule has 0 unspecified atom stereocenters. The summed E-state index contributed by atoms with van der Waals surface area (Å²) >= 11 is 2.37. The van der Waals surface area contributed by atoms with Gasteiger partial charge in [0.1, 0.15) is 17.2 Å². The van der Waals surface area contributed by atoms with E-state index in [2.05, 4.69) is 26.1 Å². The molecule has 0 saturated carbocycles. The quantitative estimate of drug-likeness (QED) is 0.314. The molecule has 1 heterocycles. The highest BCUT2D eigenvalue weighted by atomic mass is 32.2. The number of anilines is 3. The maximum absolute atomic E-state index is 12.3. The van der Waals surface area contributed by atoms with E-state index in [4.69, 9.17) is 14.2 Å². The average molecular weight is 476 g/mol. The molecule has 0 aliphatic rings. The Morgan fingerprint density at radius 3 is 2.31 bits per heavy atom. The summed E-state index contributed by atoms with van der Waals surface area (Å²) < 4.78 is 16.0. The Labute approximate surface area is 192 Å². The van der Waals surface area contributed by atoms with Crippen molar-refractivity contribution in [2.24, 2.45) is 0 Å². The lowest BCUT2D eigenvalue weighted by atomic mass is 10.2. The van der Waals surface area contributed by atoms with E-state index >= 15 is 0 Å². The molecule has 32 heavy (non-hydrogen) atoms. The number of thioether (sulfide) groups is 1. The fraction of sp³-hybridized carbons (Fsp3) is 0.200. The van der Waals surface area contributed by atoms with Gasteiger partial charge in [-0.05, 0) is 36.4 Å². The van der Waals surface area contributed by atoms with Gasteiger partial charge in [-0.1, -0.05) is 23.1 Å². The highest BCUT2D eigenvalue weighted by molar-refractivity contribution is 8.01. The fourth-order valence-corrected chi connectivity index (χ4v) is 4.02. The molecule has 0 aliphatic heterocycles. The number of amides is 3. The Balaban J connectivity index is 1.49. The largest absolute Gasteiger partial charge is 0.497 e. The number of benzene rings is 2. The summed E-state index contributed by atoms with van der Waals surface area (Å²) in [7, 11) is 4.63. The molecule has 0 atom stereocenters. The minimum atomic E-state index is -0.453. The summed E-state index contributed by atoms with van der Waals surface area (Å²) in [5.74, 6) is 1.67. The molecule has 3 rings (SSSR count). The molecule has 0 spiro atoms. The highest BCUT2D eigenvalue weighted by Crippen LogP contribution is 2.30. The normalized spacial score (nSPS) is 10.2. The first kappa shape index (κ1) is 23.2. The lowest BCUT2D eigenvalue weighted by Gasteiger charge is -2.11. The topological polar surface area (TPSA) is 124 Å². The lowest BCUT2D eigenvalue weighted by molar-refractivity contribution is -0.113. The van der Waals surface area contributed by atoms with E-state index in [0.717, 1.165) is 11.3 Å². The van der Waals surface area contributed by atoms with Gasteiger partial charge in [-0.25, -0.2) is 4.79 Å². The van der Waals surface area contributed by atoms with E-state index in [-0.39, 0.29) is 11.7 Å². The number of ether oxygens (including phenoxy) is 3. The fourth-order valence-electron chi connectivity index (χ4n) is 2.48. The molecule has 0 radical (unpaired) electrons. The van der Waals surface area contributed by atoms with Crippen LogP contribution in [0.5, 0.6) is 17.2 Å². The first-order valence-corrected chi connectivity index (χ1v) is 11.0. The van der Waals surface area contributed by atoms with Gasteiger partial charge in [0, 0.05) is 11.8 Å². The number of hydrogen-bond acceptors (Lipinski definition) is 9. The zero-order valence-electron chi connectivity index (χ0n) is 17.5. The Kier molecular flexibility index (Phi) is 8.11. The molecular formula is C20H21N5O5S2. The number of rotatable bonds is 9. The Morgan fingerprint density at radius 1 is 0.906 bits per heavy atom. The molecule has 0 bridgehead atoms. The van der Waals surface area contributed by atoms with Crippen molar-refractivity contribution in [3.05, 3.63) is 42.5 Å². The van der Waals surface area contributed by atoms with E-state index in [1.54, 1.807) is 56.7 Å². The zero-order chi connectivity index (χ0) is 22.9. The summed E-state index contributed by atoms with van der Waals surface area (Å²) in [6, 6.07) is 11.6.